The summed E-state index contributed by atoms with van der Waals surface area (Å²) in [4.78, 5) is 24.7. The lowest BCUT2D eigenvalue weighted by Crippen LogP contribution is -2.53. The Bertz CT molecular complexity index is 779. The van der Waals surface area contributed by atoms with Gasteiger partial charge in [-0.15, -0.1) is 5.92 Å². The van der Waals surface area contributed by atoms with E-state index in [2.05, 4.69) is 31.8 Å². The quantitative estimate of drug-likeness (QED) is 0.686. The molecule has 0 aromatic heterocycles. The minimum absolute atomic E-state index is 0.0610. The molecule has 3 heteroatoms. The Balaban J connectivity index is 1.68. The highest BCUT2D eigenvalue weighted by atomic mass is 16.5. The summed E-state index contributed by atoms with van der Waals surface area (Å²) in [7, 11) is 0. The fourth-order valence-electron chi connectivity index (χ4n) is 6.47. The summed E-state index contributed by atoms with van der Waals surface area (Å²) in [6.45, 7) is 6.90. The molecular weight excluding hydrogens is 336 g/mol. The zero-order valence-electron chi connectivity index (χ0n) is 16.7. The van der Waals surface area contributed by atoms with Crippen LogP contribution in [0.3, 0.4) is 0 Å². The summed E-state index contributed by atoms with van der Waals surface area (Å²) >= 11 is 0. The van der Waals surface area contributed by atoms with Gasteiger partial charge in [0.1, 0.15) is 12.4 Å². The van der Waals surface area contributed by atoms with Crippen LogP contribution in [0.1, 0.15) is 59.3 Å². The highest BCUT2D eigenvalue weighted by molar-refractivity contribution is 6.01. The van der Waals surface area contributed by atoms with Crippen molar-refractivity contribution in [3.05, 3.63) is 23.8 Å². The molecule has 0 bridgehead atoms. The van der Waals surface area contributed by atoms with Crippen LogP contribution in [0.4, 0.5) is 0 Å². The van der Waals surface area contributed by atoms with Crippen LogP contribution < -0.4 is 0 Å². The van der Waals surface area contributed by atoms with Crippen LogP contribution in [0.2, 0.25) is 0 Å². The van der Waals surface area contributed by atoms with Crippen LogP contribution in [0.25, 0.3) is 0 Å². The molecule has 4 aliphatic rings. The van der Waals surface area contributed by atoms with E-state index in [1.54, 1.807) is 6.08 Å². The van der Waals surface area contributed by atoms with Crippen molar-refractivity contribution in [1.29, 1.82) is 0 Å². The molecule has 27 heavy (non-hydrogen) atoms. The topological polar surface area (TPSA) is 43.4 Å². The number of hydrogen-bond donors (Lipinski definition) is 0. The van der Waals surface area contributed by atoms with E-state index in [9.17, 15) is 9.59 Å². The molecule has 4 rings (SSSR count). The smallest absolute Gasteiger partial charge is 0.178 e. The first-order valence-corrected chi connectivity index (χ1v) is 10.5. The Morgan fingerprint density at radius 1 is 1.19 bits per heavy atom. The van der Waals surface area contributed by atoms with Crippen LogP contribution in [0.15, 0.2) is 23.8 Å². The standard InChI is InChI=1S/C24H30O3/c1-4-5-6-13-27-21-15-17-18-7-8-22(26)24(18,3)12-10-19(17)23(2)11-9-16(25)14-20(21)23/h9,11,14,17-19,21H,4,7-8,10,12-13,15H2,1-3H3/t17-,18-,19-,21+,23+,24-/m0/s1. The van der Waals surface area contributed by atoms with E-state index in [-0.39, 0.29) is 22.7 Å². The largest absolute Gasteiger partial charge is 0.361 e. The van der Waals surface area contributed by atoms with Crippen LogP contribution in [0.5, 0.6) is 0 Å². The molecule has 3 fully saturated rings. The molecule has 0 saturated heterocycles. The van der Waals surface area contributed by atoms with Gasteiger partial charge >= 0.3 is 0 Å². The molecule has 0 aliphatic heterocycles. The normalized spacial score (nSPS) is 42.6. The fourth-order valence-corrected chi connectivity index (χ4v) is 6.47. The van der Waals surface area contributed by atoms with E-state index in [4.69, 9.17) is 4.74 Å². The van der Waals surface area contributed by atoms with Crippen LogP contribution in [-0.2, 0) is 14.3 Å². The number of allylic oxidation sites excluding steroid dienone is 3. The zero-order valence-corrected chi connectivity index (χ0v) is 16.7. The molecule has 4 aliphatic carbocycles. The third-order valence-corrected chi connectivity index (χ3v) is 7.92. The maximum absolute atomic E-state index is 12.6. The molecule has 0 N–H and O–H groups in total. The highest BCUT2D eigenvalue weighted by Crippen LogP contribution is 2.63. The van der Waals surface area contributed by atoms with Crippen molar-refractivity contribution in [2.75, 3.05) is 6.61 Å². The molecule has 0 amide bonds. The molecule has 0 aromatic rings. The van der Waals surface area contributed by atoms with E-state index in [0.29, 0.717) is 30.1 Å². The summed E-state index contributed by atoms with van der Waals surface area (Å²) in [5.41, 5.74) is 0.828. The predicted molar refractivity (Wildman–Crippen MR) is 105 cm³/mol. The number of ketones is 2. The van der Waals surface area contributed by atoms with Crippen LogP contribution >= 0.6 is 0 Å². The predicted octanol–water partition coefficient (Wildman–Crippen LogP) is 4.27. The summed E-state index contributed by atoms with van der Waals surface area (Å²) in [6.07, 6.45) is 11.1. The first-order chi connectivity index (χ1) is 12.9. The van der Waals surface area contributed by atoms with Crippen LogP contribution in [0, 0.1) is 40.4 Å². The van der Waals surface area contributed by atoms with E-state index in [0.717, 1.165) is 44.1 Å². The molecule has 144 valence electrons. The summed E-state index contributed by atoms with van der Waals surface area (Å²) < 4.78 is 6.21. The van der Waals surface area contributed by atoms with Gasteiger partial charge in [-0.25, -0.2) is 0 Å². The monoisotopic (exact) mass is 366 g/mol. The minimum Gasteiger partial charge on any atom is -0.361 e. The lowest BCUT2D eigenvalue weighted by molar-refractivity contribution is -0.133. The van der Waals surface area contributed by atoms with Gasteiger partial charge in [-0.2, -0.15) is 0 Å². The summed E-state index contributed by atoms with van der Waals surface area (Å²) in [5, 5.41) is 0. The van der Waals surface area contributed by atoms with Gasteiger partial charge in [0.2, 0.25) is 0 Å². The Labute approximate surface area is 162 Å². The maximum Gasteiger partial charge on any atom is 0.178 e. The molecule has 0 spiro atoms. The van der Waals surface area contributed by atoms with E-state index in [1.165, 1.54) is 0 Å². The fraction of sp³-hybridized carbons (Fsp3) is 0.667. The van der Waals surface area contributed by atoms with Gasteiger partial charge in [0.25, 0.3) is 0 Å². The van der Waals surface area contributed by atoms with Crippen molar-refractivity contribution in [2.24, 2.45) is 28.6 Å². The number of carbonyl (C=O) groups excluding carboxylic acids is 2. The number of ether oxygens (including phenoxy) is 1. The number of Topliss-reactive ketones (excluding diaryl/α,β-unsaturated/α-hetero) is 1. The molecule has 0 unspecified atom stereocenters. The molecule has 0 heterocycles. The Kier molecular flexibility index (Phi) is 4.67. The van der Waals surface area contributed by atoms with Gasteiger partial charge in [-0.05, 0) is 61.2 Å². The molecular formula is C24H30O3. The van der Waals surface area contributed by atoms with Crippen molar-refractivity contribution in [3.63, 3.8) is 0 Å². The average molecular weight is 367 g/mol. The van der Waals surface area contributed by atoms with Gasteiger partial charge in [0, 0.05) is 23.7 Å². The number of hydrogen-bond acceptors (Lipinski definition) is 3. The summed E-state index contributed by atoms with van der Waals surface area (Å²) in [6, 6.07) is 0. The van der Waals surface area contributed by atoms with Crippen molar-refractivity contribution >= 4 is 11.6 Å². The Morgan fingerprint density at radius 3 is 2.78 bits per heavy atom. The zero-order chi connectivity index (χ0) is 19.2. The average Bonchev–Trinajstić information content (AvgIpc) is 2.95. The number of rotatable bonds is 2. The van der Waals surface area contributed by atoms with Crippen molar-refractivity contribution in [2.45, 2.75) is 65.4 Å². The highest BCUT2D eigenvalue weighted by Gasteiger charge is 2.60. The first kappa shape index (κ1) is 18.7. The SMILES string of the molecule is CCC#CCO[C@@H]1C[C@@H]2[C@H](CC[C@]3(C)C(=O)CC[C@@H]23)[C@@]2(C)C=CC(=O)C=C12. The van der Waals surface area contributed by atoms with Crippen molar-refractivity contribution < 1.29 is 14.3 Å². The molecule has 0 aromatic carbocycles. The van der Waals surface area contributed by atoms with Crippen LogP contribution in [-0.4, -0.2) is 24.3 Å². The van der Waals surface area contributed by atoms with Gasteiger partial charge in [0.15, 0.2) is 5.78 Å². The van der Waals surface area contributed by atoms with Gasteiger partial charge in [-0.1, -0.05) is 32.8 Å². The van der Waals surface area contributed by atoms with E-state index in [1.807, 2.05) is 13.0 Å². The lowest BCUT2D eigenvalue weighted by Gasteiger charge is -2.57. The third kappa shape index (κ3) is 2.85. The van der Waals surface area contributed by atoms with Gasteiger partial charge in [0.05, 0.1) is 6.10 Å². The number of carbonyl (C=O) groups is 2. The molecule has 3 saturated carbocycles. The second-order valence-electron chi connectivity index (χ2n) is 9.16. The van der Waals surface area contributed by atoms with Gasteiger partial charge in [-0.3, -0.25) is 9.59 Å². The van der Waals surface area contributed by atoms with Crippen molar-refractivity contribution in [3.8, 4) is 11.8 Å². The second-order valence-corrected chi connectivity index (χ2v) is 9.16. The number of fused-ring (bicyclic) bond motifs is 5. The summed E-state index contributed by atoms with van der Waals surface area (Å²) in [5.74, 6) is 8.06. The van der Waals surface area contributed by atoms with E-state index < -0.39 is 0 Å². The Morgan fingerprint density at radius 2 is 2.00 bits per heavy atom. The Hall–Kier alpha value is -1.66. The first-order valence-electron chi connectivity index (χ1n) is 10.5. The second kappa shape index (κ2) is 6.74. The van der Waals surface area contributed by atoms with E-state index >= 15 is 0 Å². The molecule has 6 atom stereocenters. The molecule has 0 radical (unpaired) electrons. The third-order valence-electron chi connectivity index (χ3n) is 7.92. The van der Waals surface area contributed by atoms with Gasteiger partial charge < -0.3 is 4.74 Å². The minimum atomic E-state index is -0.153. The van der Waals surface area contributed by atoms with Crippen molar-refractivity contribution in [1.82, 2.24) is 0 Å². The molecule has 3 nitrogen and oxygen atoms in total. The maximum atomic E-state index is 12.6. The lowest BCUT2D eigenvalue weighted by atomic mass is 9.48.